The lowest BCUT2D eigenvalue weighted by molar-refractivity contribution is -0.137. The van der Waals surface area contributed by atoms with E-state index in [4.69, 9.17) is 19.7 Å². The molecular formula is C21H19N3O6S. The average molecular weight is 441 g/mol. The van der Waals surface area contributed by atoms with E-state index in [0.29, 0.717) is 5.69 Å². The van der Waals surface area contributed by atoms with Crippen LogP contribution >= 0.6 is 11.3 Å². The first-order chi connectivity index (χ1) is 14.9. The minimum atomic E-state index is -1.20. The number of aromatic carboxylic acids is 1. The quantitative estimate of drug-likeness (QED) is 0.338. The number of benzene rings is 1. The van der Waals surface area contributed by atoms with E-state index >= 15 is 0 Å². The van der Waals surface area contributed by atoms with Crippen LogP contribution in [-0.2, 0) is 20.9 Å². The second kappa shape index (κ2) is 9.81. The van der Waals surface area contributed by atoms with Crippen molar-refractivity contribution < 1.29 is 28.6 Å². The number of aromatic nitrogens is 1. The number of amides is 1. The first-order valence-corrected chi connectivity index (χ1v) is 10.2. The Balaban J connectivity index is 1.61. The van der Waals surface area contributed by atoms with E-state index in [1.54, 1.807) is 24.4 Å². The summed E-state index contributed by atoms with van der Waals surface area (Å²) >= 11 is 1.11. The molecule has 0 unspecified atom stereocenters. The molecule has 1 atom stereocenters. The van der Waals surface area contributed by atoms with Crippen molar-refractivity contribution in [2.75, 3.05) is 5.32 Å². The number of carbonyl (C=O) groups excluding carboxylic acids is 2. The number of nitrogens with one attached hydrogen (secondary N) is 2. The van der Waals surface area contributed by atoms with Crippen molar-refractivity contribution in [3.05, 3.63) is 59.2 Å². The number of thiazole rings is 1. The van der Waals surface area contributed by atoms with Gasteiger partial charge in [0.05, 0.1) is 5.92 Å². The van der Waals surface area contributed by atoms with E-state index in [-0.39, 0.29) is 29.7 Å². The summed E-state index contributed by atoms with van der Waals surface area (Å²) in [5.74, 6) is -3.59. The van der Waals surface area contributed by atoms with Gasteiger partial charge in [0, 0.05) is 5.38 Å². The maximum atomic E-state index is 12.6. The van der Waals surface area contributed by atoms with Gasteiger partial charge in [-0.15, -0.1) is 11.3 Å². The summed E-state index contributed by atoms with van der Waals surface area (Å²) in [6.07, 6.45) is 0.226. The fourth-order valence-electron chi connectivity index (χ4n) is 2.69. The molecular weight excluding hydrogens is 422 g/mol. The second-order valence-corrected chi connectivity index (χ2v) is 7.29. The first-order valence-electron chi connectivity index (χ1n) is 9.28. The molecule has 0 bridgehead atoms. The maximum absolute atomic E-state index is 12.6. The van der Waals surface area contributed by atoms with E-state index in [0.717, 1.165) is 16.9 Å². The lowest BCUT2D eigenvalue weighted by Crippen LogP contribution is -2.34. The van der Waals surface area contributed by atoms with Crippen LogP contribution in [0.2, 0.25) is 0 Å². The van der Waals surface area contributed by atoms with Crippen LogP contribution in [-0.4, -0.2) is 33.6 Å². The van der Waals surface area contributed by atoms with Crippen molar-refractivity contribution in [1.29, 1.82) is 5.41 Å². The fourth-order valence-corrected chi connectivity index (χ4v) is 3.39. The molecule has 0 radical (unpaired) electrons. The van der Waals surface area contributed by atoms with Gasteiger partial charge in [-0.1, -0.05) is 37.3 Å². The second-order valence-electron chi connectivity index (χ2n) is 6.43. The summed E-state index contributed by atoms with van der Waals surface area (Å²) < 4.78 is 10.3. The zero-order valence-electron chi connectivity index (χ0n) is 16.5. The van der Waals surface area contributed by atoms with E-state index in [9.17, 15) is 14.4 Å². The number of furan rings is 1. The maximum Gasteiger partial charge on any atom is 0.371 e. The lowest BCUT2D eigenvalue weighted by atomic mass is 9.99. The molecule has 0 spiro atoms. The topological polar surface area (TPSA) is 143 Å². The monoisotopic (exact) mass is 441 g/mol. The largest absolute Gasteiger partial charge is 0.475 e. The molecule has 0 aliphatic carbocycles. The SMILES string of the molecule is CC[C@@H](C(=N)C(=O)OCc1ccccc1)C(=O)Nc1nc(-c2ccc(C(=O)O)o2)cs1. The minimum absolute atomic E-state index is 0.0113. The number of carboxylic acid groups (broad SMARTS) is 1. The normalized spacial score (nSPS) is 11.5. The molecule has 3 rings (SSSR count). The molecule has 9 nitrogen and oxygen atoms in total. The van der Waals surface area contributed by atoms with Crippen molar-refractivity contribution >= 4 is 40.0 Å². The first kappa shape index (κ1) is 21.9. The number of carbonyl (C=O) groups is 3. The molecule has 0 saturated carbocycles. The van der Waals surface area contributed by atoms with Crippen LogP contribution in [0.3, 0.4) is 0 Å². The zero-order chi connectivity index (χ0) is 22.4. The number of anilines is 1. The van der Waals surface area contributed by atoms with Crippen LogP contribution < -0.4 is 5.32 Å². The molecule has 2 heterocycles. The van der Waals surface area contributed by atoms with Crippen LogP contribution in [0, 0.1) is 11.3 Å². The number of rotatable bonds is 9. The van der Waals surface area contributed by atoms with Gasteiger partial charge in [0.1, 0.15) is 18.0 Å². The van der Waals surface area contributed by atoms with Gasteiger partial charge < -0.3 is 19.6 Å². The Labute approximate surface area is 181 Å². The number of esters is 1. The van der Waals surface area contributed by atoms with Gasteiger partial charge in [-0.25, -0.2) is 14.6 Å². The molecule has 10 heteroatoms. The van der Waals surface area contributed by atoms with Gasteiger partial charge in [-0.2, -0.15) is 0 Å². The highest BCUT2D eigenvalue weighted by Gasteiger charge is 2.28. The number of hydrogen-bond acceptors (Lipinski definition) is 8. The zero-order valence-corrected chi connectivity index (χ0v) is 17.3. The molecule has 160 valence electrons. The van der Waals surface area contributed by atoms with Crippen LogP contribution in [0.1, 0.15) is 29.5 Å². The van der Waals surface area contributed by atoms with Gasteiger partial charge in [-0.3, -0.25) is 10.2 Å². The molecule has 1 aromatic carbocycles. The van der Waals surface area contributed by atoms with Gasteiger partial charge in [0.15, 0.2) is 10.9 Å². The average Bonchev–Trinajstić information content (AvgIpc) is 3.43. The Bertz CT molecular complexity index is 1110. The number of nitrogens with zero attached hydrogens (tertiary/aromatic N) is 1. The standard InChI is InChI=1S/C21H19N3O6S/c1-2-13(17(22)20(28)29-10-12-6-4-3-5-7-12)18(25)24-21-23-14(11-31-21)15-8-9-16(30-15)19(26)27/h3-9,11,13,22H,2,10H2,1H3,(H,26,27)(H,23,24,25)/t13-/m0/s1. The molecule has 2 aromatic heterocycles. The van der Waals surface area contributed by atoms with Crippen LogP contribution in [0.4, 0.5) is 5.13 Å². The van der Waals surface area contributed by atoms with E-state index in [1.807, 2.05) is 18.2 Å². The van der Waals surface area contributed by atoms with Gasteiger partial charge in [-0.05, 0) is 24.1 Å². The summed E-state index contributed by atoms with van der Waals surface area (Å²) in [7, 11) is 0. The molecule has 1 amide bonds. The minimum Gasteiger partial charge on any atom is -0.475 e. The predicted molar refractivity (Wildman–Crippen MR) is 113 cm³/mol. The highest BCUT2D eigenvalue weighted by atomic mass is 32.1. The van der Waals surface area contributed by atoms with Crippen molar-refractivity contribution in [2.24, 2.45) is 5.92 Å². The third-order valence-corrected chi connectivity index (χ3v) is 5.07. The van der Waals surface area contributed by atoms with Crippen LogP contribution in [0.25, 0.3) is 11.5 Å². The van der Waals surface area contributed by atoms with Crippen LogP contribution in [0.15, 0.2) is 52.3 Å². The summed E-state index contributed by atoms with van der Waals surface area (Å²) in [4.78, 5) is 40.0. The number of carboxylic acids is 1. The smallest absolute Gasteiger partial charge is 0.371 e. The molecule has 0 fully saturated rings. The predicted octanol–water partition coefficient (Wildman–Crippen LogP) is 3.83. The highest BCUT2D eigenvalue weighted by molar-refractivity contribution is 7.14. The Kier molecular flexibility index (Phi) is 6.93. The van der Waals surface area contributed by atoms with Crippen molar-refractivity contribution in [2.45, 2.75) is 20.0 Å². The third kappa shape index (κ3) is 5.43. The summed E-state index contributed by atoms with van der Waals surface area (Å²) in [6, 6.07) is 11.8. The highest BCUT2D eigenvalue weighted by Crippen LogP contribution is 2.27. The van der Waals surface area contributed by atoms with Crippen molar-refractivity contribution in [1.82, 2.24) is 4.98 Å². The van der Waals surface area contributed by atoms with Gasteiger partial charge >= 0.3 is 11.9 Å². The van der Waals surface area contributed by atoms with Crippen LogP contribution in [0.5, 0.6) is 0 Å². The number of ether oxygens (including phenoxy) is 1. The van der Waals surface area contributed by atoms with E-state index < -0.39 is 29.5 Å². The Morgan fingerprint density at radius 1 is 1.23 bits per heavy atom. The molecule has 3 aromatic rings. The van der Waals surface area contributed by atoms with E-state index in [2.05, 4.69) is 10.3 Å². The summed E-state index contributed by atoms with van der Waals surface area (Å²) in [6.45, 7) is 1.70. The summed E-state index contributed by atoms with van der Waals surface area (Å²) in [5, 5.41) is 21.4. The summed E-state index contributed by atoms with van der Waals surface area (Å²) in [5.41, 5.74) is 0.698. The van der Waals surface area contributed by atoms with Gasteiger partial charge in [0.2, 0.25) is 11.7 Å². The molecule has 3 N–H and O–H groups in total. The lowest BCUT2D eigenvalue weighted by Gasteiger charge is -2.14. The Hall–Kier alpha value is -3.79. The van der Waals surface area contributed by atoms with Crippen molar-refractivity contribution in [3.63, 3.8) is 0 Å². The third-order valence-electron chi connectivity index (χ3n) is 4.31. The Morgan fingerprint density at radius 3 is 2.61 bits per heavy atom. The molecule has 31 heavy (non-hydrogen) atoms. The molecule has 0 aliphatic rings. The molecule has 0 aliphatic heterocycles. The number of hydrogen-bond donors (Lipinski definition) is 3. The Morgan fingerprint density at radius 2 is 1.97 bits per heavy atom. The van der Waals surface area contributed by atoms with Crippen molar-refractivity contribution in [3.8, 4) is 11.5 Å². The molecule has 0 saturated heterocycles. The fraction of sp³-hybridized carbons (Fsp3) is 0.190. The van der Waals surface area contributed by atoms with Gasteiger partial charge in [0.25, 0.3) is 0 Å². The van der Waals surface area contributed by atoms with E-state index in [1.165, 1.54) is 12.1 Å².